The lowest BCUT2D eigenvalue weighted by Gasteiger charge is -2.24. The average Bonchev–Trinajstić information content (AvgIpc) is 3.07. The van der Waals surface area contributed by atoms with Crippen LogP contribution in [-0.4, -0.2) is 11.0 Å². The molecule has 0 fully saturated rings. The molecule has 0 spiro atoms. The van der Waals surface area contributed by atoms with Crippen LogP contribution >= 0.6 is 0 Å². The molecule has 26 heavy (non-hydrogen) atoms. The molecule has 3 aromatic carbocycles. The van der Waals surface area contributed by atoms with Gasteiger partial charge in [0.25, 0.3) is 0 Å². The first-order valence-electron chi connectivity index (χ1n) is 9.33. The monoisotopic (exact) mass is 338 g/mol. The Hall–Kier alpha value is -2.84. The van der Waals surface area contributed by atoms with Gasteiger partial charge in [0.15, 0.2) is 0 Å². The molecule has 2 heterocycles. The Labute approximate surface area is 153 Å². The highest BCUT2D eigenvalue weighted by atomic mass is 14.9. The molecule has 1 aliphatic rings. The molecule has 5 rings (SSSR count). The molecule has 0 bridgehead atoms. The van der Waals surface area contributed by atoms with Crippen molar-refractivity contribution in [3.8, 4) is 11.1 Å². The summed E-state index contributed by atoms with van der Waals surface area (Å²) in [7, 11) is 0. The minimum Gasteiger partial charge on any atom is -0.358 e. The lowest BCUT2D eigenvalue weighted by Crippen LogP contribution is -2.37. The van der Waals surface area contributed by atoms with Crippen molar-refractivity contribution in [3.05, 3.63) is 95.7 Å². The second-order valence-corrected chi connectivity index (χ2v) is 7.15. The van der Waals surface area contributed by atoms with Gasteiger partial charge in [0.2, 0.25) is 0 Å². The fraction of sp³-hybridized carbons (Fsp3) is 0.167. The van der Waals surface area contributed by atoms with E-state index in [1.165, 1.54) is 38.9 Å². The molecule has 2 N–H and O–H groups in total. The quantitative estimate of drug-likeness (QED) is 0.535. The maximum Gasteiger partial charge on any atom is 0.0465 e. The molecule has 0 radical (unpaired) electrons. The van der Waals surface area contributed by atoms with Gasteiger partial charge in [-0.25, -0.2) is 0 Å². The van der Waals surface area contributed by atoms with E-state index in [0.717, 1.165) is 19.4 Å². The van der Waals surface area contributed by atoms with Crippen LogP contribution in [0.2, 0.25) is 0 Å². The smallest absolute Gasteiger partial charge is 0.0465 e. The number of H-pyrrole nitrogens is 1. The Kier molecular flexibility index (Phi) is 3.84. The van der Waals surface area contributed by atoms with Crippen molar-refractivity contribution >= 4 is 10.9 Å². The Morgan fingerprint density at radius 3 is 2.38 bits per heavy atom. The van der Waals surface area contributed by atoms with Crippen molar-refractivity contribution in [1.82, 2.24) is 10.3 Å². The zero-order chi connectivity index (χ0) is 17.3. The Morgan fingerprint density at radius 2 is 1.58 bits per heavy atom. The van der Waals surface area contributed by atoms with Crippen molar-refractivity contribution in [1.29, 1.82) is 0 Å². The zero-order valence-electron chi connectivity index (χ0n) is 14.7. The molecule has 1 aromatic heterocycles. The van der Waals surface area contributed by atoms with Crippen LogP contribution in [0.5, 0.6) is 0 Å². The largest absolute Gasteiger partial charge is 0.358 e. The van der Waals surface area contributed by atoms with E-state index in [9.17, 15) is 0 Å². The zero-order valence-corrected chi connectivity index (χ0v) is 14.7. The Morgan fingerprint density at radius 1 is 0.808 bits per heavy atom. The van der Waals surface area contributed by atoms with E-state index in [4.69, 9.17) is 0 Å². The predicted octanol–water partition coefficient (Wildman–Crippen LogP) is 5.09. The molecule has 0 amide bonds. The summed E-state index contributed by atoms with van der Waals surface area (Å²) in [5.41, 5.74) is 8.08. The first kappa shape index (κ1) is 15.4. The van der Waals surface area contributed by atoms with E-state index >= 15 is 0 Å². The van der Waals surface area contributed by atoms with Gasteiger partial charge in [-0.1, -0.05) is 72.8 Å². The summed E-state index contributed by atoms with van der Waals surface area (Å²) in [5.74, 6) is 0. The van der Waals surface area contributed by atoms with Gasteiger partial charge in [0.1, 0.15) is 0 Å². The molecule has 4 aromatic rings. The maximum atomic E-state index is 3.76. The van der Waals surface area contributed by atoms with E-state index in [-0.39, 0.29) is 0 Å². The third-order valence-electron chi connectivity index (χ3n) is 5.44. The second-order valence-electron chi connectivity index (χ2n) is 7.15. The van der Waals surface area contributed by atoms with Crippen LogP contribution in [0.1, 0.15) is 16.8 Å². The molecule has 2 heteroatoms. The lowest BCUT2D eigenvalue weighted by atomic mass is 9.93. The minimum absolute atomic E-state index is 0.484. The molecular weight excluding hydrogens is 316 g/mol. The van der Waals surface area contributed by atoms with Crippen LogP contribution in [0, 0.1) is 0 Å². The molecule has 128 valence electrons. The molecule has 0 saturated heterocycles. The highest BCUT2D eigenvalue weighted by Crippen LogP contribution is 2.35. The molecule has 1 aliphatic heterocycles. The average molecular weight is 338 g/mol. The van der Waals surface area contributed by atoms with E-state index in [1.54, 1.807) is 0 Å². The van der Waals surface area contributed by atoms with Crippen LogP contribution in [-0.2, 0) is 19.4 Å². The van der Waals surface area contributed by atoms with Crippen molar-refractivity contribution < 1.29 is 0 Å². The summed E-state index contributed by atoms with van der Waals surface area (Å²) in [6, 6.07) is 28.5. The van der Waals surface area contributed by atoms with Gasteiger partial charge in [-0.2, -0.15) is 0 Å². The molecule has 0 aliphatic carbocycles. The van der Waals surface area contributed by atoms with Crippen LogP contribution in [0.4, 0.5) is 0 Å². The van der Waals surface area contributed by atoms with Crippen molar-refractivity contribution in [2.75, 3.05) is 0 Å². The van der Waals surface area contributed by atoms with E-state index in [1.807, 2.05) is 0 Å². The Bertz CT molecular complexity index is 1030. The van der Waals surface area contributed by atoms with Gasteiger partial charge in [-0.15, -0.1) is 0 Å². The van der Waals surface area contributed by atoms with E-state index < -0.39 is 0 Å². The van der Waals surface area contributed by atoms with Crippen LogP contribution in [0.25, 0.3) is 22.0 Å². The summed E-state index contributed by atoms with van der Waals surface area (Å²) in [6.45, 7) is 0.927. The SMILES string of the molecule is c1ccc(CC2Cc3[nH]c4cccc(-c5ccccc5)c4c3CN2)cc1. The summed E-state index contributed by atoms with van der Waals surface area (Å²) < 4.78 is 0. The topological polar surface area (TPSA) is 27.8 Å². The van der Waals surface area contributed by atoms with Crippen molar-refractivity contribution in [2.45, 2.75) is 25.4 Å². The van der Waals surface area contributed by atoms with Gasteiger partial charge in [-0.05, 0) is 34.7 Å². The molecule has 1 unspecified atom stereocenters. The first-order chi connectivity index (χ1) is 12.9. The number of aromatic amines is 1. The van der Waals surface area contributed by atoms with Gasteiger partial charge in [0, 0.05) is 35.6 Å². The number of nitrogens with one attached hydrogen (secondary N) is 2. The fourth-order valence-corrected chi connectivity index (χ4v) is 4.21. The fourth-order valence-electron chi connectivity index (χ4n) is 4.21. The predicted molar refractivity (Wildman–Crippen MR) is 108 cm³/mol. The first-order valence-corrected chi connectivity index (χ1v) is 9.33. The summed E-state index contributed by atoms with van der Waals surface area (Å²) in [4.78, 5) is 3.70. The van der Waals surface area contributed by atoms with Crippen molar-refractivity contribution in [3.63, 3.8) is 0 Å². The molecule has 0 saturated carbocycles. The van der Waals surface area contributed by atoms with Crippen LogP contribution in [0.3, 0.4) is 0 Å². The highest BCUT2D eigenvalue weighted by Gasteiger charge is 2.23. The van der Waals surface area contributed by atoms with Crippen LogP contribution < -0.4 is 5.32 Å². The number of benzene rings is 3. The third-order valence-corrected chi connectivity index (χ3v) is 5.44. The van der Waals surface area contributed by atoms with Crippen molar-refractivity contribution in [2.24, 2.45) is 0 Å². The van der Waals surface area contributed by atoms with Gasteiger partial charge in [-0.3, -0.25) is 0 Å². The van der Waals surface area contributed by atoms with E-state index in [0.29, 0.717) is 6.04 Å². The summed E-state index contributed by atoms with van der Waals surface area (Å²) in [6.07, 6.45) is 2.12. The highest BCUT2D eigenvalue weighted by molar-refractivity contribution is 5.98. The Balaban J connectivity index is 1.52. The molecular formula is C24H22N2. The second kappa shape index (κ2) is 6.47. The third kappa shape index (κ3) is 2.73. The molecule has 2 nitrogen and oxygen atoms in total. The number of hydrogen-bond acceptors (Lipinski definition) is 1. The van der Waals surface area contributed by atoms with Gasteiger partial charge >= 0.3 is 0 Å². The summed E-state index contributed by atoms with van der Waals surface area (Å²) >= 11 is 0. The normalized spacial score (nSPS) is 16.5. The van der Waals surface area contributed by atoms with Gasteiger partial charge < -0.3 is 10.3 Å². The van der Waals surface area contributed by atoms with Gasteiger partial charge in [0.05, 0.1) is 0 Å². The number of fused-ring (bicyclic) bond motifs is 3. The molecule has 1 atom stereocenters. The number of hydrogen-bond donors (Lipinski definition) is 2. The van der Waals surface area contributed by atoms with Crippen LogP contribution in [0.15, 0.2) is 78.9 Å². The van der Waals surface area contributed by atoms with E-state index in [2.05, 4.69) is 89.2 Å². The lowest BCUT2D eigenvalue weighted by molar-refractivity contribution is 0.475. The summed E-state index contributed by atoms with van der Waals surface area (Å²) in [5, 5.41) is 5.14. The standard InChI is InChI=1S/C24H22N2/c1-3-8-17(9-4-1)14-19-15-23-21(16-25-19)24-20(12-7-13-22(24)26-23)18-10-5-2-6-11-18/h1-13,19,25-26H,14-16H2. The minimum atomic E-state index is 0.484. The number of rotatable bonds is 3. The maximum absolute atomic E-state index is 3.76. The number of aromatic nitrogens is 1.